The van der Waals surface area contributed by atoms with Gasteiger partial charge in [0.1, 0.15) is 0 Å². The molecule has 3 heteroatoms. The first kappa shape index (κ1) is 16.4. The zero-order chi connectivity index (χ0) is 18.4. The predicted molar refractivity (Wildman–Crippen MR) is 110 cm³/mol. The number of aromatic nitrogens is 2. The van der Waals surface area contributed by atoms with Gasteiger partial charge in [-0.2, -0.15) is 0 Å². The van der Waals surface area contributed by atoms with Gasteiger partial charge in [0.2, 0.25) is 0 Å². The Morgan fingerprint density at radius 1 is 0.923 bits per heavy atom. The summed E-state index contributed by atoms with van der Waals surface area (Å²) < 4.78 is 3.56. The van der Waals surface area contributed by atoms with Crippen molar-refractivity contribution in [2.75, 3.05) is 0 Å². The molecule has 0 saturated heterocycles. The van der Waals surface area contributed by atoms with E-state index in [-0.39, 0.29) is 5.69 Å². The number of aryl methyl sites for hydroxylation is 2. The molecular formula is C23H22N2O. The lowest BCUT2D eigenvalue weighted by atomic mass is 10.1. The van der Waals surface area contributed by atoms with Crippen LogP contribution in [0.2, 0.25) is 0 Å². The van der Waals surface area contributed by atoms with Crippen molar-refractivity contribution >= 4 is 27.5 Å². The van der Waals surface area contributed by atoms with Crippen LogP contribution in [-0.4, -0.2) is 9.13 Å². The SMILES string of the molecule is C=C(C)n1c(=O)n(Cc2ccc3ccccc3c2)c2cc(C)c(C)cc21. The average molecular weight is 342 g/mol. The van der Waals surface area contributed by atoms with Crippen LogP contribution >= 0.6 is 0 Å². The zero-order valence-electron chi connectivity index (χ0n) is 15.4. The second-order valence-corrected chi connectivity index (χ2v) is 7.05. The number of benzene rings is 3. The van der Waals surface area contributed by atoms with Gasteiger partial charge in [0, 0.05) is 5.70 Å². The number of hydrogen-bond donors (Lipinski definition) is 0. The maximum absolute atomic E-state index is 13.1. The quantitative estimate of drug-likeness (QED) is 0.508. The van der Waals surface area contributed by atoms with Crippen LogP contribution in [0, 0.1) is 13.8 Å². The largest absolute Gasteiger partial charge is 0.333 e. The molecule has 0 spiro atoms. The Morgan fingerprint density at radius 3 is 2.27 bits per heavy atom. The van der Waals surface area contributed by atoms with Crippen molar-refractivity contribution in [3.63, 3.8) is 0 Å². The molecule has 4 aromatic rings. The van der Waals surface area contributed by atoms with Gasteiger partial charge in [-0.3, -0.25) is 9.13 Å². The number of hydrogen-bond acceptors (Lipinski definition) is 1. The standard InChI is InChI=1S/C23H22N2O/c1-15(2)25-22-12-17(4)16(3)11-21(22)24(23(25)26)14-18-9-10-19-7-5-6-8-20(19)13-18/h5-13H,1,14H2,2-4H3. The first-order valence-electron chi connectivity index (χ1n) is 8.82. The molecule has 3 aromatic carbocycles. The number of imidazole rings is 1. The highest BCUT2D eigenvalue weighted by atomic mass is 16.1. The second-order valence-electron chi connectivity index (χ2n) is 7.05. The monoisotopic (exact) mass is 342 g/mol. The normalized spacial score (nSPS) is 11.3. The highest BCUT2D eigenvalue weighted by Crippen LogP contribution is 2.23. The molecule has 0 atom stereocenters. The van der Waals surface area contributed by atoms with Crippen molar-refractivity contribution in [2.45, 2.75) is 27.3 Å². The maximum atomic E-state index is 13.1. The van der Waals surface area contributed by atoms with Gasteiger partial charge in [0.25, 0.3) is 0 Å². The third-order valence-electron chi connectivity index (χ3n) is 5.08. The molecule has 0 saturated carbocycles. The Morgan fingerprint density at radius 2 is 1.58 bits per heavy atom. The fourth-order valence-corrected chi connectivity index (χ4v) is 3.55. The van der Waals surface area contributed by atoms with Crippen molar-refractivity contribution in [2.24, 2.45) is 0 Å². The minimum Gasteiger partial charge on any atom is -0.287 e. The number of rotatable bonds is 3. The Balaban J connectivity index is 1.92. The van der Waals surface area contributed by atoms with E-state index < -0.39 is 0 Å². The summed E-state index contributed by atoms with van der Waals surface area (Å²) in [6.45, 7) is 10.6. The van der Waals surface area contributed by atoms with Gasteiger partial charge in [0.15, 0.2) is 0 Å². The molecule has 0 unspecified atom stereocenters. The molecule has 130 valence electrons. The highest BCUT2D eigenvalue weighted by molar-refractivity contribution is 5.83. The summed E-state index contributed by atoms with van der Waals surface area (Å²) in [5.74, 6) is 0. The third-order valence-corrected chi connectivity index (χ3v) is 5.08. The van der Waals surface area contributed by atoms with Crippen molar-refractivity contribution in [3.8, 4) is 0 Å². The molecular weight excluding hydrogens is 320 g/mol. The van der Waals surface area contributed by atoms with Crippen LogP contribution < -0.4 is 5.69 Å². The van der Waals surface area contributed by atoms with Gasteiger partial charge in [-0.15, -0.1) is 0 Å². The van der Waals surface area contributed by atoms with E-state index in [1.165, 1.54) is 21.9 Å². The van der Waals surface area contributed by atoms with Crippen molar-refractivity contribution in [1.82, 2.24) is 9.13 Å². The third kappa shape index (κ3) is 2.57. The molecule has 0 aliphatic carbocycles. The van der Waals surface area contributed by atoms with Gasteiger partial charge in [-0.1, -0.05) is 43.0 Å². The summed E-state index contributed by atoms with van der Waals surface area (Å²) in [4.78, 5) is 13.1. The van der Waals surface area contributed by atoms with Crippen molar-refractivity contribution in [3.05, 3.63) is 88.4 Å². The zero-order valence-corrected chi connectivity index (χ0v) is 15.4. The summed E-state index contributed by atoms with van der Waals surface area (Å²) in [6.07, 6.45) is 0. The van der Waals surface area contributed by atoms with E-state index in [1.54, 1.807) is 4.57 Å². The number of fused-ring (bicyclic) bond motifs is 2. The molecule has 4 rings (SSSR count). The molecule has 0 fully saturated rings. The molecule has 0 aliphatic heterocycles. The Bertz CT molecular complexity index is 1220. The van der Waals surface area contributed by atoms with E-state index in [0.717, 1.165) is 22.3 Å². The van der Waals surface area contributed by atoms with E-state index in [9.17, 15) is 4.79 Å². The fourth-order valence-electron chi connectivity index (χ4n) is 3.55. The lowest BCUT2D eigenvalue weighted by molar-refractivity contribution is 0.767. The van der Waals surface area contributed by atoms with E-state index >= 15 is 0 Å². The summed E-state index contributed by atoms with van der Waals surface area (Å²) in [6, 6.07) is 18.8. The molecule has 0 N–H and O–H groups in total. The van der Waals surface area contributed by atoms with Gasteiger partial charge in [-0.25, -0.2) is 4.79 Å². The first-order valence-corrected chi connectivity index (χ1v) is 8.82. The van der Waals surface area contributed by atoms with Crippen molar-refractivity contribution < 1.29 is 0 Å². The highest BCUT2D eigenvalue weighted by Gasteiger charge is 2.15. The van der Waals surface area contributed by atoms with Crippen LogP contribution in [0.25, 0.3) is 27.5 Å². The van der Waals surface area contributed by atoms with Crippen LogP contribution in [0.1, 0.15) is 23.6 Å². The molecule has 0 radical (unpaired) electrons. The fraction of sp³-hybridized carbons (Fsp3) is 0.174. The lowest BCUT2D eigenvalue weighted by Crippen LogP contribution is -2.23. The smallest absolute Gasteiger partial charge is 0.287 e. The summed E-state index contributed by atoms with van der Waals surface area (Å²) in [5.41, 5.74) is 6.05. The predicted octanol–water partition coefficient (Wildman–Crippen LogP) is 5.11. The molecule has 0 amide bonds. The Hall–Kier alpha value is -3.07. The van der Waals surface area contributed by atoms with Gasteiger partial charge >= 0.3 is 5.69 Å². The van der Waals surface area contributed by atoms with Crippen LogP contribution in [-0.2, 0) is 6.54 Å². The molecule has 0 aliphatic rings. The number of nitrogens with zero attached hydrogens (tertiary/aromatic N) is 2. The van der Waals surface area contributed by atoms with E-state index in [1.807, 2.05) is 23.6 Å². The lowest BCUT2D eigenvalue weighted by Gasteiger charge is -2.07. The molecule has 0 bridgehead atoms. The van der Waals surface area contributed by atoms with Gasteiger partial charge < -0.3 is 0 Å². The summed E-state index contributed by atoms with van der Waals surface area (Å²) in [5, 5.41) is 2.40. The van der Waals surface area contributed by atoms with Gasteiger partial charge in [-0.05, 0) is 66.4 Å². The van der Waals surface area contributed by atoms with Crippen molar-refractivity contribution in [1.29, 1.82) is 0 Å². The first-order chi connectivity index (χ1) is 12.5. The average Bonchev–Trinajstić information content (AvgIpc) is 2.87. The molecule has 3 nitrogen and oxygen atoms in total. The van der Waals surface area contributed by atoms with E-state index in [4.69, 9.17) is 0 Å². The summed E-state index contributed by atoms with van der Waals surface area (Å²) in [7, 11) is 0. The van der Waals surface area contributed by atoms with Crippen LogP contribution in [0.4, 0.5) is 0 Å². The topological polar surface area (TPSA) is 26.9 Å². The number of allylic oxidation sites excluding steroid dienone is 1. The molecule has 26 heavy (non-hydrogen) atoms. The van der Waals surface area contributed by atoms with E-state index in [0.29, 0.717) is 6.54 Å². The Labute approximate surface area is 152 Å². The van der Waals surface area contributed by atoms with E-state index in [2.05, 4.69) is 62.9 Å². The minimum atomic E-state index is -0.0364. The van der Waals surface area contributed by atoms with Crippen LogP contribution in [0.15, 0.2) is 66.0 Å². The minimum absolute atomic E-state index is 0.0364. The second kappa shape index (κ2) is 6.03. The van der Waals surface area contributed by atoms with Crippen LogP contribution in [0.5, 0.6) is 0 Å². The van der Waals surface area contributed by atoms with Crippen LogP contribution in [0.3, 0.4) is 0 Å². The Kier molecular flexibility index (Phi) is 3.80. The molecule has 1 aromatic heterocycles. The van der Waals surface area contributed by atoms with Gasteiger partial charge in [0.05, 0.1) is 17.6 Å². The maximum Gasteiger partial charge on any atom is 0.333 e. The summed E-state index contributed by atoms with van der Waals surface area (Å²) >= 11 is 0. The molecule has 1 heterocycles.